The van der Waals surface area contributed by atoms with E-state index in [1.807, 2.05) is 24.3 Å². The van der Waals surface area contributed by atoms with Crippen LogP contribution >= 0.6 is 0 Å². The average Bonchev–Trinajstić information content (AvgIpc) is 2.96. The molecule has 2 aromatic rings. The fraction of sp³-hybridized carbons (Fsp3) is 0.222. The van der Waals surface area contributed by atoms with Crippen molar-refractivity contribution in [1.29, 1.82) is 0 Å². The zero-order chi connectivity index (χ0) is 14.5. The van der Waals surface area contributed by atoms with Gasteiger partial charge in [0.15, 0.2) is 6.23 Å². The Morgan fingerprint density at radius 2 is 1.62 bits per heavy atom. The van der Waals surface area contributed by atoms with E-state index in [0.29, 0.717) is 6.61 Å². The Morgan fingerprint density at radius 3 is 2.24 bits per heavy atom. The minimum Gasteiger partial charge on any atom is -0.362 e. The predicted molar refractivity (Wildman–Crippen MR) is 84.0 cm³/mol. The molecule has 0 fully saturated rings. The summed E-state index contributed by atoms with van der Waals surface area (Å²) in [6.45, 7) is 1.45. The summed E-state index contributed by atoms with van der Waals surface area (Å²) in [7, 11) is 2.07. The van der Waals surface area contributed by atoms with Crippen LogP contribution in [0.5, 0.6) is 0 Å². The number of ether oxygens (including phenoxy) is 1. The summed E-state index contributed by atoms with van der Waals surface area (Å²) >= 11 is 0. The summed E-state index contributed by atoms with van der Waals surface area (Å²) in [5.74, 6) is 0. The van der Waals surface area contributed by atoms with Crippen molar-refractivity contribution in [2.45, 2.75) is 12.8 Å². The van der Waals surface area contributed by atoms with Crippen LogP contribution in [0.25, 0.3) is 0 Å². The highest BCUT2D eigenvalue weighted by Crippen LogP contribution is 2.26. The predicted octanol–water partition coefficient (Wildman–Crippen LogP) is 3.58. The van der Waals surface area contributed by atoms with Crippen molar-refractivity contribution in [2.75, 3.05) is 13.7 Å². The molecule has 3 heteroatoms. The molecule has 0 amide bonds. The summed E-state index contributed by atoms with van der Waals surface area (Å²) < 4.78 is 6.19. The van der Waals surface area contributed by atoms with Crippen LogP contribution < -0.4 is 0 Å². The molecule has 3 nitrogen and oxygen atoms in total. The Morgan fingerprint density at radius 1 is 0.952 bits per heavy atom. The number of nitrogens with zero attached hydrogens (tertiary/aromatic N) is 2. The quantitative estimate of drug-likeness (QED) is 0.832. The van der Waals surface area contributed by atoms with Gasteiger partial charge in [-0.2, -0.15) is 0 Å². The zero-order valence-corrected chi connectivity index (χ0v) is 12.2. The minimum absolute atomic E-state index is 0.0624. The number of hydrogen-bond donors (Lipinski definition) is 0. The molecular formula is C18H20N2O. The molecule has 0 spiro atoms. The van der Waals surface area contributed by atoms with Crippen molar-refractivity contribution in [3.8, 4) is 0 Å². The molecule has 3 rings (SSSR count). The van der Waals surface area contributed by atoms with E-state index < -0.39 is 0 Å². The van der Waals surface area contributed by atoms with E-state index in [-0.39, 0.29) is 6.23 Å². The van der Waals surface area contributed by atoms with E-state index >= 15 is 0 Å². The second-order valence-electron chi connectivity index (χ2n) is 5.27. The van der Waals surface area contributed by atoms with Crippen LogP contribution in [0.4, 0.5) is 0 Å². The van der Waals surface area contributed by atoms with Crippen LogP contribution in [0.15, 0.2) is 73.1 Å². The minimum atomic E-state index is -0.0624. The first-order valence-electron chi connectivity index (χ1n) is 7.18. The molecule has 21 heavy (non-hydrogen) atoms. The van der Waals surface area contributed by atoms with Crippen LogP contribution in [0.1, 0.15) is 17.4 Å². The highest BCUT2D eigenvalue weighted by molar-refractivity contribution is 5.19. The molecule has 1 heterocycles. The lowest BCUT2D eigenvalue weighted by molar-refractivity contribution is -0.0544. The lowest BCUT2D eigenvalue weighted by Gasteiger charge is -2.29. The van der Waals surface area contributed by atoms with E-state index in [2.05, 4.69) is 65.6 Å². The van der Waals surface area contributed by atoms with Crippen LogP contribution in [0, 0.1) is 0 Å². The number of rotatable bonds is 5. The molecule has 0 saturated heterocycles. The lowest BCUT2D eigenvalue weighted by Crippen LogP contribution is -2.28. The van der Waals surface area contributed by atoms with Gasteiger partial charge in [0.1, 0.15) is 0 Å². The molecule has 108 valence electrons. The smallest absolute Gasteiger partial charge is 0.157 e. The van der Waals surface area contributed by atoms with Crippen molar-refractivity contribution in [1.82, 2.24) is 9.80 Å². The molecule has 1 atom stereocenters. The van der Waals surface area contributed by atoms with Crippen molar-refractivity contribution in [2.24, 2.45) is 0 Å². The van der Waals surface area contributed by atoms with Gasteiger partial charge in [-0.15, -0.1) is 0 Å². The topological polar surface area (TPSA) is 15.7 Å². The lowest BCUT2D eigenvalue weighted by atomic mass is 10.2. The van der Waals surface area contributed by atoms with Gasteiger partial charge in [0.05, 0.1) is 13.3 Å². The third kappa shape index (κ3) is 3.44. The molecule has 1 aliphatic rings. The largest absolute Gasteiger partial charge is 0.362 e. The molecular weight excluding hydrogens is 260 g/mol. The second-order valence-corrected chi connectivity index (χ2v) is 5.27. The number of hydrogen-bond acceptors (Lipinski definition) is 3. The van der Waals surface area contributed by atoms with Gasteiger partial charge in [0, 0.05) is 25.0 Å². The fourth-order valence-electron chi connectivity index (χ4n) is 2.45. The van der Waals surface area contributed by atoms with E-state index in [9.17, 15) is 0 Å². The van der Waals surface area contributed by atoms with Gasteiger partial charge in [-0.1, -0.05) is 60.7 Å². The van der Waals surface area contributed by atoms with Crippen LogP contribution in [-0.2, 0) is 11.3 Å². The maximum absolute atomic E-state index is 6.19. The van der Waals surface area contributed by atoms with Crippen molar-refractivity contribution in [3.63, 3.8) is 0 Å². The molecule has 0 bridgehead atoms. The summed E-state index contributed by atoms with van der Waals surface area (Å²) in [5.41, 5.74) is 2.36. The molecule has 0 radical (unpaired) electrons. The SMILES string of the molecule is CN1C=CN(C(OCc2ccccc2)c2ccccc2)C1. The van der Waals surface area contributed by atoms with Crippen molar-refractivity contribution in [3.05, 3.63) is 84.2 Å². The zero-order valence-electron chi connectivity index (χ0n) is 12.2. The first kappa shape index (κ1) is 13.7. The molecule has 0 N–H and O–H groups in total. The van der Waals surface area contributed by atoms with Crippen LogP contribution in [0.2, 0.25) is 0 Å². The maximum atomic E-state index is 6.19. The van der Waals surface area contributed by atoms with Crippen molar-refractivity contribution < 1.29 is 4.74 Å². The Hall–Kier alpha value is -2.26. The van der Waals surface area contributed by atoms with Gasteiger partial charge >= 0.3 is 0 Å². The van der Waals surface area contributed by atoms with Gasteiger partial charge in [-0.05, 0) is 5.56 Å². The van der Waals surface area contributed by atoms with E-state index in [4.69, 9.17) is 4.74 Å². The van der Waals surface area contributed by atoms with E-state index in [1.165, 1.54) is 11.1 Å². The highest BCUT2D eigenvalue weighted by atomic mass is 16.5. The number of benzene rings is 2. The normalized spacial score (nSPS) is 15.5. The summed E-state index contributed by atoms with van der Waals surface area (Å²) in [4.78, 5) is 4.35. The molecule has 1 aliphatic heterocycles. The highest BCUT2D eigenvalue weighted by Gasteiger charge is 2.21. The molecule has 0 aromatic heterocycles. The maximum Gasteiger partial charge on any atom is 0.157 e. The van der Waals surface area contributed by atoms with Crippen molar-refractivity contribution >= 4 is 0 Å². The summed E-state index contributed by atoms with van der Waals surface area (Å²) in [6.07, 6.45) is 4.09. The summed E-state index contributed by atoms with van der Waals surface area (Å²) in [5, 5.41) is 0. The second kappa shape index (κ2) is 6.46. The van der Waals surface area contributed by atoms with E-state index in [1.54, 1.807) is 0 Å². The first-order valence-corrected chi connectivity index (χ1v) is 7.18. The Bertz CT molecular complexity index is 583. The molecule has 0 saturated carbocycles. The standard InChI is InChI=1S/C18H20N2O/c1-19-12-13-20(15-19)18(17-10-6-3-7-11-17)21-14-16-8-4-2-5-9-16/h2-13,18H,14-15H2,1H3. The third-order valence-electron chi connectivity index (χ3n) is 3.54. The monoisotopic (exact) mass is 280 g/mol. The van der Waals surface area contributed by atoms with E-state index in [0.717, 1.165) is 6.67 Å². The summed E-state index contributed by atoms with van der Waals surface area (Å²) in [6, 6.07) is 20.7. The first-order chi connectivity index (χ1) is 10.3. The van der Waals surface area contributed by atoms with Gasteiger partial charge in [0.25, 0.3) is 0 Å². The Labute approximate surface area is 126 Å². The van der Waals surface area contributed by atoms with Gasteiger partial charge < -0.3 is 14.5 Å². The van der Waals surface area contributed by atoms with Crippen LogP contribution in [0.3, 0.4) is 0 Å². The fourth-order valence-corrected chi connectivity index (χ4v) is 2.45. The van der Waals surface area contributed by atoms with Gasteiger partial charge in [0.2, 0.25) is 0 Å². The van der Waals surface area contributed by atoms with Crippen LogP contribution in [-0.4, -0.2) is 23.5 Å². The Balaban J connectivity index is 1.75. The molecule has 1 unspecified atom stereocenters. The molecule has 0 aliphatic carbocycles. The van der Waals surface area contributed by atoms with Gasteiger partial charge in [-0.3, -0.25) is 0 Å². The average molecular weight is 280 g/mol. The van der Waals surface area contributed by atoms with Gasteiger partial charge in [-0.25, -0.2) is 0 Å². The third-order valence-corrected chi connectivity index (χ3v) is 3.54. The molecule has 2 aromatic carbocycles. The Kier molecular flexibility index (Phi) is 4.22.